The summed E-state index contributed by atoms with van der Waals surface area (Å²) in [6, 6.07) is -1.54. The Balaban J connectivity index is 2.79. The lowest BCUT2D eigenvalue weighted by atomic mass is 10.1. The third kappa shape index (κ3) is 7.35. The van der Waals surface area contributed by atoms with Gasteiger partial charge >= 0.3 is 11.9 Å². The molecule has 0 amide bonds. The molecule has 1 aliphatic carbocycles. The zero-order valence-corrected chi connectivity index (χ0v) is 15.3. The van der Waals surface area contributed by atoms with E-state index in [1.54, 1.807) is 47.8 Å². The van der Waals surface area contributed by atoms with Gasteiger partial charge in [-0.15, -0.1) is 0 Å². The molecule has 1 aliphatic rings. The Morgan fingerprint density at radius 2 is 1.21 bits per heavy atom. The van der Waals surface area contributed by atoms with E-state index in [9.17, 15) is 19.8 Å². The van der Waals surface area contributed by atoms with Gasteiger partial charge in [0.15, 0.2) is 0 Å². The summed E-state index contributed by atoms with van der Waals surface area (Å²) in [5, 5.41) is 18.4. The highest BCUT2D eigenvalue weighted by atomic mass is 32.2. The fourth-order valence-corrected chi connectivity index (χ4v) is 2.85. The predicted octanol–water partition coefficient (Wildman–Crippen LogP) is 2.41. The molecule has 132 valence electrons. The molecule has 24 heavy (non-hydrogen) atoms. The third-order valence-corrected chi connectivity index (χ3v) is 4.51. The monoisotopic (exact) mass is 370 g/mol. The number of hydrogen-bond acceptors (Lipinski definition) is 6. The van der Waals surface area contributed by atoms with E-state index in [1.165, 1.54) is 0 Å². The summed E-state index contributed by atoms with van der Waals surface area (Å²) in [6.07, 6.45) is 11.5. The summed E-state index contributed by atoms with van der Waals surface area (Å²) in [7, 11) is 0. The van der Waals surface area contributed by atoms with Gasteiger partial charge in [-0.2, -0.15) is 23.5 Å². The fourth-order valence-electron chi connectivity index (χ4n) is 1.93. The van der Waals surface area contributed by atoms with Crippen molar-refractivity contribution in [2.45, 2.75) is 24.9 Å². The average Bonchev–Trinajstić information content (AvgIpc) is 2.56. The van der Waals surface area contributed by atoms with Crippen molar-refractivity contribution in [3.8, 4) is 0 Å². The van der Waals surface area contributed by atoms with Crippen molar-refractivity contribution in [2.24, 2.45) is 9.98 Å². The van der Waals surface area contributed by atoms with Gasteiger partial charge in [0.1, 0.15) is 12.1 Å². The molecule has 0 aromatic heterocycles. The van der Waals surface area contributed by atoms with Crippen molar-refractivity contribution in [3.05, 3.63) is 24.3 Å². The Kier molecular flexibility index (Phi) is 9.48. The van der Waals surface area contributed by atoms with Crippen molar-refractivity contribution >= 4 is 46.9 Å². The van der Waals surface area contributed by atoms with Crippen LogP contribution in [-0.4, -0.2) is 69.7 Å². The largest absolute Gasteiger partial charge is 0.480 e. The summed E-state index contributed by atoms with van der Waals surface area (Å²) < 4.78 is 0. The van der Waals surface area contributed by atoms with E-state index in [0.29, 0.717) is 24.3 Å². The number of nitrogens with zero attached hydrogens (tertiary/aromatic N) is 2. The lowest BCUT2D eigenvalue weighted by Gasteiger charge is -2.11. The van der Waals surface area contributed by atoms with Crippen LogP contribution in [0.15, 0.2) is 34.3 Å². The molecule has 0 saturated heterocycles. The van der Waals surface area contributed by atoms with Gasteiger partial charge in [0, 0.05) is 0 Å². The Bertz CT molecular complexity index is 504. The summed E-state index contributed by atoms with van der Waals surface area (Å²) in [5.74, 6) is -0.436. The molecule has 1 rings (SSSR count). The van der Waals surface area contributed by atoms with Crippen LogP contribution in [0, 0.1) is 0 Å². The number of carboxylic acids is 2. The number of aliphatic imine (C=N–C) groups is 2. The second kappa shape index (κ2) is 11.1. The highest BCUT2D eigenvalue weighted by Gasteiger charge is 2.17. The quantitative estimate of drug-likeness (QED) is 0.573. The van der Waals surface area contributed by atoms with Gasteiger partial charge in [0.2, 0.25) is 0 Å². The van der Waals surface area contributed by atoms with Crippen molar-refractivity contribution in [1.29, 1.82) is 0 Å². The number of allylic oxidation sites excluding steroid dienone is 4. The topological polar surface area (TPSA) is 99.3 Å². The molecular formula is C16H22N2O4S2. The normalized spacial score (nSPS) is 15.9. The fraction of sp³-hybridized carbons (Fsp3) is 0.500. The first-order valence-corrected chi connectivity index (χ1v) is 10.2. The molecule has 0 unspecified atom stereocenters. The maximum absolute atomic E-state index is 11.2. The lowest BCUT2D eigenvalue weighted by Crippen LogP contribution is -2.21. The van der Waals surface area contributed by atoms with E-state index < -0.39 is 24.0 Å². The number of thioether (sulfide) groups is 2. The van der Waals surface area contributed by atoms with Crippen LogP contribution in [-0.2, 0) is 9.59 Å². The molecule has 8 heteroatoms. The first kappa shape index (κ1) is 20.5. The van der Waals surface area contributed by atoms with Gasteiger partial charge in [0.05, 0.1) is 11.4 Å². The number of rotatable bonds is 10. The van der Waals surface area contributed by atoms with Gasteiger partial charge in [-0.25, -0.2) is 9.59 Å². The summed E-state index contributed by atoms with van der Waals surface area (Å²) in [5.41, 5.74) is 1.11. The first-order chi connectivity index (χ1) is 11.5. The summed E-state index contributed by atoms with van der Waals surface area (Å²) >= 11 is 3.16. The van der Waals surface area contributed by atoms with Gasteiger partial charge in [-0.3, -0.25) is 9.98 Å². The van der Waals surface area contributed by atoms with Crippen molar-refractivity contribution in [3.63, 3.8) is 0 Å². The Labute approximate surface area is 150 Å². The van der Waals surface area contributed by atoms with E-state index >= 15 is 0 Å². The minimum absolute atomic E-state index is 0.471. The standard InChI is InChI=1S/C16H22N2O4S2/c1-23-9-7-13(15(19)20)17-11-3-5-12(6-4-11)18-14(16(21)22)8-10-24-2/h3-6,13-14H,7-10H2,1-2H3,(H,19,20)(H,21,22)/t13-,14-/m0/s1. The molecule has 0 bridgehead atoms. The number of carbonyl (C=O) groups is 2. The summed E-state index contributed by atoms with van der Waals surface area (Å²) in [4.78, 5) is 30.9. The smallest absolute Gasteiger partial charge is 0.328 e. The van der Waals surface area contributed by atoms with Crippen molar-refractivity contribution < 1.29 is 19.8 Å². The zero-order valence-electron chi connectivity index (χ0n) is 13.7. The molecular weight excluding hydrogens is 348 g/mol. The molecule has 2 N–H and O–H groups in total. The van der Waals surface area contributed by atoms with Crippen LogP contribution in [0.4, 0.5) is 0 Å². The molecule has 0 aliphatic heterocycles. The van der Waals surface area contributed by atoms with Crippen LogP contribution in [0.2, 0.25) is 0 Å². The van der Waals surface area contributed by atoms with Crippen LogP contribution in [0.1, 0.15) is 12.8 Å². The third-order valence-electron chi connectivity index (χ3n) is 3.22. The van der Waals surface area contributed by atoms with E-state index in [4.69, 9.17) is 0 Å². The number of aliphatic carboxylic acids is 2. The van der Waals surface area contributed by atoms with Crippen LogP contribution in [0.3, 0.4) is 0 Å². The summed E-state index contributed by atoms with van der Waals surface area (Å²) in [6.45, 7) is 0. The lowest BCUT2D eigenvalue weighted by molar-refractivity contribution is -0.139. The predicted molar refractivity (Wildman–Crippen MR) is 102 cm³/mol. The molecule has 6 nitrogen and oxygen atoms in total. The van der Waals surface area contributed by atoms with Crippen LogP contribution in [0.25, 0.3) is 0 Å². The van der Waals surface area contributed by atoms with Crippen molar-refractivity contribution in [1.82, 2.24) is 0 Å². The average molecular weight is 370 g/mol. The maximum atomic E-state index is 11.2. The zero-order chi connectivity index (χ0) is 17.9. The molecule has 0 saturated carbocycles. The molecule has 2 atom stereocenters. The van der Waals surface area contributed by atoms with E-state index in [1.807, 2.05) is 12.5 Å². The molecule has 0 spiro atoms. The van der Waals surface area contributed by atoms with Gasteiger partial charge in [-0.1, -0.05) is 0 Å². The minimum atomic E-state index is -0.944. The Hall–Kier alpha value is -1.54. The van der Waals surface area contributed by atoms with Crippen LogP contribution >= 0.6 is 23.5 Å². The van der Waals surface area contributed by atoms with Crippen molar-refractivity contribution in [2.75, 3.05) is 24.0 Å². The second-order valence-corrected chi connectivity index (χ2v) is 7.02. The molecule has 0 aromatic rings. The Morgan fingerprint density at radius 3 is 1.46 bits per heavy atom. The molecule has 0 radical (unpaired) electrons. The maximum Gasteiger partial charge on any atom is 0.328 e. The molecule has 0 aromatic carbocycles. The highest BCUT2D eigenvalue weighted by molar-refractivity contribution is 7.98. The highest BCUT2D eigenvalue weighted by Crippen LogP contribution is 2.10. The van der Waals surface area contributed by atoms with E-state index in [0.717, 1.165) is 11.5 Å². The number of hydrogen-bond donors (Lipinski definition) is 2. The SMILES string of the molecule is CSCC[C@H](N=C1C=CC(=N[C@@H](CCSC)C(=O)O)C=C1)C(=O)O. The van der Waals surface area contributed by atoms with Gasteiger partial charge in [0.25, 0.3) is 0 Å². The minimum Gasteiger partial charge on any atom is -0.480 e. The van der Waals surface area contributed by atoms with Crippen LogP contribution in [0.5, 0.6) is 0 Å². The van der Waals surface area contributed by atoms with Gasteiger partial charge < -0.3 is 10.2 Å². The Morgan fingerprint density at radius 1 is 0.875 bits per heavy atom. The van der Waals surface area contributed by atoms with E-state index in [2.05, 4.69) is 9.98 Å². The second-order valence-electron chi connectivity index (χ2n) is 5.05. The van der Waals surface area contributed by atoms with Gasteiger partial charge in [-0.05, 0) is 61.2 Å². The first-order valence-electron chi connectivity index (χ1n) is 7.43. The van der Waals surface area contributed by atoms with E-state index in [-0.39, 0.29) is 0 Å². The van der Waals surface area contributed by atoms with Crippen LogP contribution < -0.4 is 0 Å². The number of carboxylic acid groups (broad SMARTS) is 2. The molecule has 0 heterocycles. The molecule has 0 fully saturated rings.